The van der Waals surface area contributed by atoms with Gasteiger partial charge in [-0.3, -0.25) is 14.2 Å². The van der Waals surface area contributed by atoms with Gasteiger partial charge in [-0.05, 0) is 36.8 Å². The van der Waals surface area contributed by atoms with Crippen LogP contribution in [0.25, 0.3) is 10.9 Å². The van der Waals surface area contributed by atoms with Crippen molar-refractivity contribution in [1.82, 2.24) is 4.57 Å². The van der Waals surface area contributed by atoms with Gasteiger partial charge in [-0.25, -0.2) is 0 Å². The first-order chi connectivity index (χ1) is 14.8. The SMILES string of the molecule is COc1ccc2c(c1Cl)c(CC(=O)O)c(C)n2C(=O)c1ccc(OC(F)(F)C(F)(F)F)s1. The van der Waals surface area contributed by atoms with E-state index in [1.54, 1.807) is 0 Å². The Bertz CT molecular complexity index is 1220. The van der Waals surface area contributed by atoms with Gasteiger partial charge in [-0.1, -0.05) is 22.9 Å². The molecule has 3 rings (SSSR count). The molecular weight excluding hydrogens is 485 g/mol. The molecule has 0 saturated heterocycles. The van der Waals surface area contributed by atoms with Gasteiger partial charge in [-0.2, -0.15) is 22.0 Å². The Kier molecular flexibility index (Phi) is 6.13. The molecule has 0 unspecified atom stereocenters. The van der Waals surface area contributed by atoms with Gasteiger partial charge in [-0.15, -0.1) is 0 Å². The lowest BCUT2D eigenvalue weighted by Crippen LogP contribution is -2.41. The van der Waals surface area contributed by atoms with Crippen LogP contribution in [0.1, 0.15) is 20.9 Å². The molecule has 13 heteroatoms. The van der Waals surface area contributed by atoms with E-state index in [-0.39, 0.29) is 49.1 Å². The first-order valence-corrected chi connectivity index (χ1v) is 9.84. The number of ether oxygens (including phenoxy) is 2. The molecule has 0 saturated carbocycles. The summed E-state index contributed by atoms with van der Waals surface area (Å²) in [7, 11) is 1.35. The zero-order valence-corrected chi connectivity index (χ0v) is 17.8. The number of aliphatic carboxylic acids is 1. The van der Waals surface area contributed by atoms with Gasteiger partial charge in [0.1, 0.15) is 5.75 Å². The number of carbonyl (C=O) groups excluding carboxylic acids is 1. The topological polar surface area (TPSA) is 77.8 Å². The number of carboxylic acid groups (broad SMARTS) is 1. The van der Waals surface area contributed by atoms with Crippen molar-refractivity contribution in [3.63, 3.8) is 0 Å². The average Bonchev–Trinajstić information content (AvgIpc) is 3.23. The van der Waals surface area contributed by atoms with E-state index in [0.717, 1.165) is 16.7 Å². The molecule has 172 valence electrons. The third-order valence-corrected chi connectivity index (χ3v) is 5.83. The third-order valence-electron chi connectivity index (χ3n) is 4.50. The zero-order chi connectivity index (χ0) is 24.0. The highest BCUT2D eigenvalue weighted by Gasteiger charge is 2.61. The molecule has 0 spiro atoms. The Balaban J connectivity index is 2.10. The summed E-state index contributed by atoms with van der Waals surface area (Å²) < 4.78 is 73.4. The van der Waals surface area contributed by atoms with E-state index < -0.39 is 35.6 Å². The Hall–Kier alpha value is -2.86. The molecule has 0 aliphatic heterocycles. The van der Waals surface area contributed by atoms with Gasteiger partial charge in [0, 0.05) is 11.1 Å². The highest BCUT2D eigenvalue weighted by atomic mass is 35.5. The number of halogens is 6. The van der Waals surface area contributed by atoms with E-state index in [2.05, 4.69) is 4.74 Å². The van der Waals surface area contributed by atoms with E-state index >= 15 is 0 Å². The minimum absolute atomic E-state index is 0.0657. The van der Waals surface area contributed by atoms with Crippen molar-refractivity contribution in [2.45, 2.75) is 25.6 Å². The number of rotatable bonds is 6. The molecule has 1 N–H and O–H groups in total. The van der Waals surface area contributed by atoms with Crippen LogP contribution in [0.15, 0.2) is 24.3 Å². The fourth-order valence-corrected chi connectivity index (χ4v) is 4.25. The van der Waals surface area contributed by atoms with Crippen LogP contribution in [-0.2, 0) is 11.2 Å². The number of carboxylic acids is 1. The molecule has 0 bridgehead atoms. The van der Waals surface area contributed by atoms with Crippen molar-refractivity contribution in [1.29, 1.82) is 0 Å². The van der Waals surface area contributed by atoms with Crippen molar-refractivity contribution in [2.24, 2.45) is 0 Å². The van der Waals surface area contributed by atoms with Gasteiger partial charge in [0.2, 0.25) is 0 Å². The molecule has 6 nitrogen and oxygen atoms in total. The maximum atomic E-state index is 13.1. The van der Waals surface area contributed by atoms with Crippen LogP contribution < -0.4 is 9.47 Å². The van der Waals surface area contributed by atoms with Crippen molar-refractivity contribution >= 4 is 45.7 Å². The lowest BCUT2D eigenvalue weighted by Gasteiger charge is -2.18. The highest BCUT2D eigenvalue weighted by molar-refractivity contribution is 7.15. The molecule has 0 aliphatic rings. The number of benzene rings is 1. The predicted octanol–water partition coefficient (Wildman–Crippen LogP) is 5.52. The van der Waals surface area contributed by atoms with Crippen LogP contribution in [0.4, 0.5) is 22.0 Å². The maximum Gasteiger partial charge on any atom is 0.499 e. The number of methoxy groups -OCH3 is 1. The lowest BCUT2D eigenvalue weighted by atomic mass is 10.1. The van der Waals surface area contributed by atoms with E-state index in [1.807, 2.05) is 0 Å². The van der Waals surface area contributed by atoms with Crippen LogP contribution in [0.3, 0.4) is 0 Å². The van der Waals surface area contributed by atoms with Crippen LogP contribution in [0.5, 0.6) is 10.8 Å². The van der Waals surface area contributed by atoms with Crippen LogP contribution in [0.2, 0.25) is 5.02 Å². The van der Waals surface area contributed by atoms with E-state index in [9.17, 15) is 36.6 Å². The first kappa shape index (κ1) is 23.8. The molecule has 2 aromatic heterocycles. The van der Waals surface area contributed by atoms with Crippen LogP contribution in [0, 0.1) is 6.92 Å². The van der Waals surface area contributed by atoms with Crippen molar-refractivity contribution in [2.75, 3.05) is 7.11 Å². The summed E-state index contributed by atoms with van der Waals surface area (Å²) in [5, 5.41) is 8.75. The summed E-state index contributed by atoms with van der Waals surface area (Å²) in [5.41, 5.74) is 0.645. The van der Waals surface area contributed by atoms with Crippen LogP contribution in [-0.4, -0.2) is 40.9 Å². The second-order valence-electron chi connectivity index (χ2n) is 6.49. The lowest BCUT2D eigenvalue weighted by molar-refractivity contribution is -0.359. The molecular formula is C19H13ClF5NO5S. The van der Waals surface area contributed by atoms with E-state index in [1.165, 1.54) is 26.2 Å². The summed E-state index contributed by atoms with van der Waals surface area (Å²) in [6.45, 7) is 1.46. The molecule has 3 aromatic rings. The number of hydrogen-bond acceptors (Lipinski definition) is 5. The average molecular weight is 498 g/mol. The minimum atomic E-state index is -5.93. The standard InChI is InChI=1S/C19H13ClF5NO5S/c1-8-9(7-13(27)28)15-10(3-4-11(30-2)16(15)20)26(8)17(29)12-5-6-14(32-12)31-19(24,25)18(21,22)23/h3-6H,7H2,1-2H3,(H,27,28). The summed E-state index contributed by atoms with van der Waals surface area (Å²) in [4.78, 5) is 24.2. The number of carbonyl (C=O) groups is 2. The van der Waals surface area contributed by atoms with Crippen molar-refractivity contribution in [3.05, 3.63) is 45.4 Å². The van der Waals surface area contributed by atoms with Crippen molar-refractivity contribution < 1.29 is 46.1 Å². The Labute approximate surface area is 185 Å². The molecule has 0 atom stereocenters. The monoisotopic (exact) mass is 497 g/mol. The van der Waals surface area contributed by atoms with Gasteiger partial charge in [0.15, 0.2) is 5.06 Å². The molecule has 2 heterocycles. The largest absolute Gasteiger partial charge is 0.499 e. The number of hydrogen-bond donors (Lipinski definition) is 1. The maximum absolute atomic E-state index is 13.1. The highest BCUT2D eigenvalue weighted by Crippen LogP contribution is 2.41. The van der Waals surface area contributed by atoms with E-state index in [0.29, 0.717) is 0 Å². The van der Waals surface area contributed by atoms with Gasteiger partial charge >= 0.3 is 18.3 Å². The quantitative estimate of drug-likeness (QED) is 0.454. The molecule has 0 aliphatic carbocycles. The molecule has 32 heavy (non-hydrogen) atoms. The third kappa shape index (κ3) is 4.11. The fourth-order valence-electron chi connectivity index (χ4n) is 3.09. The second kappa shape index (κ2) is 8.24. The molecule has 0 amide bonds. The Morgan fingerprint density at radius 3 is 2.38 bits per heavy atom. The normalized spacial score (nSPS) is 12.2. The minimum Gasteiger partial charge on any atom is -0.495 e. The Morgan fingerprint density at radius 2 is 1.81 bits per heavy atom. The number of thiophene rings is 1. The van der Waals surface area contributed by atoms with Gasteiger partial charge in [0.25, 0.3) is 5.91 Å². The first-order valence-electron chi connectivity index (χ1n) is 8.64. The number of fused-ring (bicyclic) bond motifs is 1. The summed E-state index contributed by atoms with van der Waals surface area (Å²) in [6.07, 6.45) is -11.9. The summed E-state index contributed by atoms with van der Waals surface area (Å²) >= 11 is 6.62. The molecule has 0 fully saturated rings. The predicted molar refractivity (Wildman–Crippen MR) is 105 cm³/mol. The molecule has 0 radical (unpaired) electrons. The second-order valence-corrected chi connectivity index (χ2v) is 7.91. The smallest absolute Gasteiger partial charge is 0.495 e. The fraction of sp³-hybridized carbons (Fsp3) is 0.263. The summed E-state index contributed by atoms with van der Waals surface area (Å²) in [6, 6.07) is 4.75. The van der Waals surface area contributed by atoms with Crippen LogP contribution >= 0.6 is 22.9 Å². The number of alkyl halides is 5. The number of nitrogens with zero attached hydrogens (tertiary/aromatic N) is 1. The number of aromatic nitrogens is 1. The van der Waals surface area contributed by atoms with E-state index in [4.69, 9.17) is 16.3 Å². The van der Waals surface area contributed by atoms with Gasteiger partial charge < -0.3 is 14.6 Å². The summed E-state index contributed by atoms with van der Waals surface area (Å²) in [5.74, 6) is -1.75. The molecule has 1 aromatic carbocycles. The zero-order valence-electron chi connectivity index (χ0n) is 16.2. The van der Waals surface area contributed by atoms with Crippen molar-refractivity contribution in [3.8, 4) is 10.8 Å². The Morgan fingerprint density at radius 1 is 1.16 bits per heavy atom. The van der Waals surface area contributed by atoms with Gasteiger partial charge in [0.05, 0.1) is 28.9 Å².